The summed E-state index contributed by atoms with van der Waals surface area (Å²) in [6.45, 7) is 2.66. The molecule has 2 aromatic carbocycles. The molecule has 1 N–H and O–H groups in total. The first-order valence-electron chi connectivity index (χ1n) is 7.45. The van der Waals surface area contributed by atoms with Gasteiger partial charge < -0.3 is 5.32 Å². The zero-order valence-corrected chi connectivity index (χ0v) is 13.5. The van der Waals surface area contributed by atoms with Crippen LogP contribution in [-0.2, 0) is 6.42 Å². The normalized spacial score (nSPS) is 10.5. The van der Waals surface area contributed by atoms with Crippen LogP contribution in [0, 0.1) is 5.82 Å². The van der Waals surface area contributed by atoms with Gasteiger partial charge in [0.25, 0.3) is 5.91 Å². The summed E-state index contributed by atoms with van der Waals surface area (Å²) in [6.07, 6.45) is 1.77. The monoisotopic (exact) mass is 317 g/mol. The van der Waals surface area contributed by atoms with E-state index in [4.69, 9.17) is 0 Å². The van der Waals surface area contributed by atoms with Gasteiger partial charge in [-0.1, -0.05) is 31.2 Å². The van der Waals surface area contributed by atoms with Crippen molar-refractivity contribution in [3.05, 3.63) is 65.5 Å². The van der Waals surface area contributed by atoms with Gasteiger partial charge in [-0.15, -0.1) is 11.8 Å². The number of thioether (sulfide) groups is 1. The summed E-state index contributed by atoms with van der Waals surface area (Å²) in [6, 6.07) is 14.0. The van der Waals surface area contributed by atoms with Crippen molar-refractivity contribution in [2.24, 2.45) is 0 Å². The fraction of sp³-hybridized carbons (Fsp3) is 0.278. The van der Waals surface area contributed by atoms with Crippen molar-refractivity contribution < 1.29 is 9.18 Å². The summed E-state index contributed by atoms with van der Waals surface area (Å²) in [5.41, 5.74) is 1.73. The van der Waals surface area contributed by atoms with Crippen molar-refractivity contribution in [3.63, 3.8) is 0 Å². The van der Waals surface area contributed by atoms with E-state index < -0.39 is 0 Å². The van der Waals surface area contributed by atoms with Crippen LogP contribution in [0.2, 0.25) is 0 Å². The van der Waals surface area contributed by atoms with Gasteiger partial charge in [0, 0.05) is 11.4 Å². The second kappa shape index (κ2) is 8.59. The van der Waals surface area contributed by atoms with Gasteiger partial charge in [0.15, 0.2) is 0 Å². The number of nitrogens with one attached hydrogen (secondary N) is 1. The molecule has 0 unspecified atom stereocenters. The molecule has 0 aliphatic carbocycles. The fourth-order valence-electron chi connectivity index (χ4n) is 2.06. The van der Waals surface area contributed by atoms with E-state index in [1.165, 1.54) is 12.1 Å². The third kappa shape index (κ3) is 4.88. The number of hydrogen-bond donors (Lipinski definition) is 1. The lowest BCUT2D eigenvalue weighted by molar-refractivity contribution is 0.0951. The predicted octanol–water partition coefficient (Wildman–Crippen LogP) is 4.30. The molecule has 2 rings (SSSR count). The van der Waals surface area contributed by atoms with Gasteiger partial charge >= 0.3 is 0 Å². The maximum absolute atomic E-state index is 12.8. The molecule has 2 nitrogen and oxygen atoms in total. The highest BCUT2D eigenvalue weighted by Gasteiger charge is 2.10. The molecular formula is C18H20FNOS. The van der Waals surface area contributed by atoms with Gasteiger partial charge in [-0.2, -0.15) is 0 Å². The van der Waals surface area contributed by atoms with Gasteiger partial charge in [0.1, 0.15) is 5.82 Å². The predicted molar refractivity (Wildman–Crippen MR) is 89.9 cm³/mol. The van der Waals surface area contributed by atoms with Gasteiger partial charge in [-0.3, -0.25) is 4.79 Å². The van der Waals surface area contributed by atoms with E-state index in [0.29, 0.717) is 13.0 Å². The Morgan fingerprint density at radius 2 is 1.86 bits per heavy atom. The number of amides is 1. The van der Waals surface area contributed by atoms with E-state index in [0.717, 1.165) is 28.2 Å². The first-order chi connectivity index (χ1) is 10.7. The Balaban J connectivity index is 1.90. The largest absolute Gasteiger partial charge is 0.352 e. The minimum absolute atomic E-state index is 0.0543. The molecule has 0 atom stereocenters. The van der Waals surface area contributed by atoms with E-state index >= 15 is 0 Å². The highest BCUT2D eigenvalue weighted by atomic mass is 32.2. The third-order valence-electron chi connectivity index (χ3n) is 3.21. The Morgan fingerprint density at radius 1 is 1.14 bits per heavy atom. The van der Waals surface area contributed by atoms with E-state index in [2.05, 4.69) is 12.2 Å². The SMILES string of the molecule is CCCSc1ccccc1C(=O)NCCc1ccc(F)cc1. The molecule has 0 spiro atoms. The summed E-state index contributed by atoms with van der Waals surface area (Å²) in [5.74, 6) is 0.704. The van der Waals surface area contributed by atoms with E-state index in [-0.39, 0.29) is 11.7 Å². The van der Waals surface area contributed by atoms with Gasteiger partial charge in [0.2, 0.25) is 0 Å². The summed E-state index contributed by atoms with van der Waals surface area (Å²) in [4.78, 5) is 13.3. The summed E-state index contributed by atoms with van der Waals surface area (Å²) in [7, 11) is 0. The molecule has 0 bridgehead atoms. The van der Waals surface area contributed by atoms with Gasteiger partial charge in [0.05, 0.1) is 5.56 Å². The summed E-state index contributed by atoms with van der Waals surface area (Å²) in [5, 5.41) is 2.93. The van der Waals surface area contributed by atoms with E-state index in [9.17, 15) is 9.18 Å². The molecule has 4 heteroatoms. The molecule has 0 saturated carbocycles. The number of carbonyl (C=O) groups excluding carboxylic acids is 1. The molecule has 0 saturated heterocycles. The fourth-order valence-corrected chi connectivity index (χ4v) is 2.97. The number of halogens is 1. The van der Waals surface area contributed by atoms with Gasteiger partial charge in [-0.25, -0.2) is 4.39 Å². The Labute approximate surface area is 135 Å². The smallest absolute Gasteiger partial charge is 0.252 e. The molecule has 1 amide bonds. The lowest BCUT2D eigenvalue weighted by Crippen LogP contribution is -2.26. The Bertz CT molecular complexity index is 613. The highest BCUT2D eigenvalue weighted by Crippen LogP contribution is 2.23. The quantitative estimate of drug-likeness (QED) is 0.771. The van der Waals surface area contributed by atoms with Crippen molar-refractivity contribution in [1.82, 2.24) is 5.32 Å². The van der Waals surface area contributed by atoms with E-state index in [1.54, 1.807) is 23.9 Å². The molecule has 2 aromatic rings. The second-order valence-electron chi connectivity index (χ2n) is 4.98. The number of rotatable bonds is 7. The first-order valence-corrected chi connectivity index (χ1v) is 8.43. The number of benzene rings is 2. The molecule has 22 heavy (non-hydrogen) atoms. The molecule has 0 radical (unpaired) electrons. The third-order valence-corrected chi connectivity index (χ3v) is 4.49. The van der Waals surface area contributed by atoms with Crippen LogP contribution in [0.25, 0.3) is 0 Å². The van der Waals surface area contributed by atoms with E-state index in [1.807, 2.05) is 24.3 Å². The number of carbonyl (C=O) groups is 1. The van der Waals surface area contributed by atoms with Crippen molar-refractivity contribution in [2.45, 2.75) is 24.7 Å². The van der Waals surface area contributed by atoms with Crippen molar-refractivity contribution >= 4 is 17.7 Å². The second-order valence-corrected chi connectivity index (χ2v) is 6.11. The van der Waals surface area contributed by atoms with Gasteiger partial charge in [-0.05, 0) is 48.4 Å². The Kier molecular flexibility index (Phi) is 6.46. The molecule has 0 aromatic heterocycles. The van der Waals surface area contributed by atoms with Crippen LogP contribution in [0.15, 0.2) is 53.4 Å². The maximum Gasteiger partial charge on any atom is 0.252 e. The minimum atomic E-state index is -0.241. The lowest BCUT2D eigenvalue weighted by Gasteiger charge is -2.09. The van der Waals surface area contributed by atoms with Crippen molar-refractivity contribution in [3.8, 4) is 0 Å². The van der Waals surface area contributed by atoms with Crippen LogP contribution in [-0.4, -0.2) is 18.2 Å². The Hall–Kier alpha value is -1.81. The lowest BCUT2D eigenvalue weighted by atomic mass is 10.1. The molecule has 0 heterocycles. The topological polar surface area (TPSA) is 29.1 Å². The first kappa shape index (κ1) is 16.6. The van der Waals surface area contributed by atoms with Crippen molar-refractivity contribution in [1.29, 1.82) is 0 Å². The minimum Gasteiger partial charge on any atom is -0.352 e. The zero-order chi connectivity index (χ0) is 15.8. The molecule has 0 aliphatic heterocycles. The summed E-state index contributed by atoms with van der Waals surface area (Å²) < 4.78 is 12.8. The van der Waals surface area contributed by atoms with Crippen LogP contribution in [0.1, 0.15) is 29.3 Å². The van der Waals surface area contributed by atoms with Crippen LogP contribution in [0.5, 0.6) is 0 Å². The molecular weight excluding hydrogens is 297 g/mol. The number of hydrogen-bond acceptors (Lipinski definition) is 2. The van der Waals surface area contributed by atoms with Crippen molar-refractivity contribution in [2.75, 3.05) is 12.3 Å². The van der Waals surface area contributed by atoms with Crippen LogP contribution in [0.4, 0.5) is 4.39 Å². The molecule has 116 valence electrons. The maximum atomic E-state index is 12.8. The molecule has 0 aliphatic rings. The van der Waals surface area contributed by atoms with Crippen LogP contribution in [0.3, 0.4) is 0 Å². The van der Waals surface area contributed by atoms with Crippen LogP contribution >= 0.6 is 11.8 Å². The average Bonchev–Trinajstić information content (AvgIpc) is 2.55. The molecule has 0 fully saturated rings. The average molecular weight is 317 g/mol. The summed E-state index contributed by atoms with van der Waals surface area (Å²) >= 11 is 1.70. The van der Waals surface area contributed by atoms with Crippen LogP contribution < -0.4 is 5.32 Å². The highest BCUT2D eigenvalue weighted by molar-refractivity contribution is 7.99. The standard InChI is InChI=1S/C18H20FNOS/c1-2-13-22-17-6-4-3-5-16(17)18(21)20-12-11-14-7-9-15(19)10-8-14/h3-10H,2,11-13H2,1H3,(H,20,21). The zero-order valence-electron chi connectivity index (χ0n) is 12.6. The Morgan fingerprint density at radius 3 is 2.59 bits per heavy atom.